The molecule has 1 fully saturated rings. The van der Waals surface area contributed by atoms with Gasteiger partial charge in [0.1, 0.15) is 5.75 Å². The lowest BCUT2D eigenvalue weighted by atomic mass is 10.1. The predicted molar refractivity (Wildman–Crippen MR) is 110 cm³/mol. The number of para-hydroxylation sites is 1. The minimum absolute atomic E-state index is 0. The fourth-order valence-electron chi connectivity index (χ4n) is 3.10. The molecule has 3 heterocycles. The van der Waals surface area contributed by atoms with Crippen LogP contribution in [0.5, 0.6) is 5.75 Å². The summed E-state index contributed by atoms with van der Waals surface area (Å²) in [5.74, 6) is 0.432. The smallest absolute Gasteiger partial charge is 0.279 e. The normalized spacial score (nSPS) is 14.3. The Labute approximate surface area is 172 Å². The van der Waals surface area contributed by atoms with Crippen LogP contribution in [0.15, 0.2) is 35.8 Å². The van der Waals surface area contributed by atoms with Crippen LogP contribution in [0.3, 0.4) is 0 Å². The lowest BCUT2D eigenvalue weighted by molar-refractivity contribution is 0.102. The fourth-order valence-corrected chi connectivity index (χ4v) is 3.81. The van der Waals surface area contributed by atoms with Gasteiger partial charge in [-0.25, -0.2) is 9.67 Å². The van der Waals surface area contributed by atoms with E-state index in [9.17, 15) is 4.79 Å². The molecule has 28 heavy (non-hydrogen) atoms. The molecule has 1 aliphatic rings. The molecule has 0 spiro atoms. The second-order valence-corrected chi connectivity index (χ2v) is 7.12. The van der Waals surface area contributed by atoms with Gasteiger partial charge in [-0.1, -0.05) is 17.3 Å². The monoisotopic (exact) mass is 420 g/mol. The molecule has 10 heteroatoms. The summed E-state index contributed by atoms with van der Waals surface area (Å²) in [6, 6.07) is 7.94. The highest BCUT2D eigenvalue weighted by Crippen LogP contribution is 2.32. The number of carbonyl (C=O) groups excluding carboxylic acids is 1. The Morgan fingerprint density at radius 3 is 2.89 bits per heavy atom. The van der Waals surface area contributed by atoms with E-state index in [0.717, 1.165) is 42.9 Å². The summed E-state index contributed by atoms with van der Waals surface area (Å²) in [5, 5.41) is 16.7. The summed E-state index contributed by atoms with van der Waals surface area (Å²) >= 11 is 1.36. The van der Waals surface area contributed by atoms with Crippen LogP contribution in [0.1, 0.15) is 29.4 Å². The van der Waals surface area contributed by atoms with Gasteiger partial charge in [-0.3, -0.25) is 10.1 Å². The van der Waals surface area contributed by atoms with Crippen LogP contribution in [0.2, 0.25) is 0 Å². The van der Waals surface area contributed by atoms with Crippen molar-refractivity contribution in [1.29, 1.82) is 0 Å². The molecule has 1 aromatic carbocycles. The minimum Gasteiger partial charge on any atom is -0.496 e. The van der Waals surface area contributed by atoms with Gasteiger partial charge in [0, 0.05) is 10.9 Å². The summed E-state index contributed by atoms with van der Waals surface area (Å²) in [6.45, 7) is 1.91. The van der Waals surface area contributed by atoms with Crippen LogP contribution in [-0.2, 0) is 0 Å². The minimum atomic E-state index is -0.309. The van der Waals surface area contributed by atoms with Gasteiger partial charge in [-0.2, -0.15) is 0 Å². The Bertz CT molecular complexity index is 938. The van der Waals surface area contributed by atoms with Gasteiger partial charge >= 0.3 is 0 Å². The van der Waals surface area contributed by atoms with E-state index in [1.54, 1.807) is 18.0 Å². The molecule has 2 N–H and O–H groups in total. The van der Waals surface area contributed by atoms with Crippen molar-refractivity contribution in [3.05, 3.63) is 41.5 Å². The predicted octanol–water partition coefficient (Wildman–Crippen LogP) is 3.01. The molecule has 3 aromatic rings. The lowest BCUT2D eigenvalue weighted by Gasteiger charge is -2.21. The number of nitrogens with one attached hydrogen (secondary N) is 2. The van der Waals surface area contributed by atoms with Crippen molar-refractivity contribution in [2.24, 2.45) is 0 Å². The number of halogens is 1. The first-order valence-electron chi connectivity index (χ1n) is 8.77. The summed E-state index contributed by atoms with van der Waals surface area (Å²) < 4.78 is 7.16. The molecule has 8 nitrogen and oxygen atoms in total. The van der Waals surface area contributed by atoms with Gasteiger partial charge < -0.3 is 10.1 Å². The van der Waals surface area contributed by atoms with Crippen molar-refractivity contribution in [2.75, 3.05) is 25.5 Å². The average Bonchev–Trinajstić information content (AvgIpc) is 3.38. The van der Waals surface area contributed by atoms with Gasteiger partial charge in [0.15, 0.2) is 10.8 Å². The molecular weight excluding hydrogens is 400 g/mol. The third kappa shape index (κ3) is 4.32. The number of nitrogens with zero attached hydrogens (tertiary/aromatic N) is 4. The summed E-state index contributed by atoms with van der Waals surface area (Å²) in [5.41, 5.74) is 1.93. The fraction of sp³-hybridized carbons (Fsp3) is 0.333. The molecule has 1 aliphatic heterocycles. The number of carbonyl (C=O) groups is 1. The number of ether oxygens (including phenoxy) is 1. The van der Waals surface area contributed by atoms with Crippen LogP contribution in [0.25, 0.3) is 11.3 Å². The molecule has 1 amide bonds. The van der Waals surface area contributed by atoms with Crippen molar-refractivity contribution in [2.45, 2.75) is 18.9 Å². The molecule has 1 saturated heterocycles. The Balaban J connectivity index is 0.00000225. The van der Waals surface area contributed by atoms with Crippen LogP contribution >= 0.6 is 23.7 Å². The zero-order valence-electron chi connectivity index (χ0n) is 15.3. The van der Waals surface area contributed by atoms with Gasteiger partial charge in [-0.05, 0) is 38.1 Å². The highest BCUT2D eigenvalue weighted by Gasteiger charge is 2.19. The van der Waals surface area contributed by atoms with Crippen molar-refractivity contribution in [3.63, 3.8) is 0 Å². The van der Waals surface area contributed by atoms with E-state index in [0.29, 0.717) is 10.8 Å². The van der Waals surface area contributed by atoms with Crippen LogP contribution in [-0.4, -0.2) is 46.1 Å². The largest absolute Gasteiger partial charge is 0.496 e. The van der Waals surface area contributed by atoms with Crippen molar-refractivity contribution >= 4 is 34.8 Å². The highest BCUT2D eigenvalue weighted by molar-refractivity contribution is 7.14. The zero-order valence-corrected chi connectivity index (χ0v) is 16.9. The van der Waals surface area contributed by atoms with Crippen molar-refractivity contribution in [1.82, 2.24) is 25.3 Å². The molecule has 2 aromatic heterocycles. The molecule has 0 bridgehead atoms. The van der Waals surface area contributed by atoms with E-state index in [2.05, 4.69) is 25.9 Å². The molecule has 0 radical (unpaired) electrons. The summed E-state index contributed by atoms with van der Waals surface area (Å²) in [7, 11) is 1.62. The van der Waals surface area contributed by atoms with E-state index < -0.39 is 0 Å². The number of benzene rings is 1. The quantitative estimate of drug-likeness (QED) is 0.659. The standard InChI is InChI=1S/C18H20N6O2S.ClH/c1-26-16-5-3-2-4-13(16)15-11-27-18(20-15)21-17(25)14-10-24(23-22-14)12-6-8-19-9-7-12;/h2-5,10-12,19H,6-9H2,1H3,(H,20,21,25);1H. The Morgan fingerprint density at radius 2 is 2.11 bits per heavy atom. The van der Waals surface area contributed by atoms with E-state index in [1.807, 2.05) is 29.6 Å². The number of amides is 1. The average molecular weight is 421 g/mol. The maximum atomic E-state index is 12.5. The molecule has 148 valence electrons. The number of hydrogen-bond acceptors (Lipinski definition) is 7. The molecule has 0 atom stereocenters. The Morgan fingerprint density at radius 1 is 1.32 bits per heavy atom. The zero-order chi connectivity index (χ0) is 18.6. The van der Waals surface area contributed by atoms with E-state index >= 15 is 0 Å². The van der Waals surface area contributed by atoms with Crippen LogP contribution in [0.4, 0.5) is 5.13 Å². The van der Waals surface area contributed by atoms with E-state index in [1.165, 1.54) is 11.3 Å². The number of aromatic nitrogens is 4. The molecule has 4 rings (SSSR count). The SMILES string of the molecule is COc1ccccc1-c1csc(NC(=O)c2cn(C3CCNCC3)nn2)n1.Cl. The molecule has 0 saturated carbocycles. The summed E-state index contributed by atoms with van der Waals surface area (Å²) in [4.78, 5) is 17.0. The van der Waals surface area contributed by atoms with Gasteiger partial charge in [0.2, 0.25) is 0 Å². The third-order valence-electron chi connectivity index (χ3n) is 4.53. The van der Waals surface area contributed by atoms with Crippen molar-refractivity contribution in [3.8, 4) is 17.0 Å². The molecule has 0 aliphatic carbocycles. The number of anilines is 1. The summed E-state index contributed by atoms with van der Waals surface area (Å²) in [6.07, 6.45) is 3.68. The van der Waals surface area contributed by atoms with Gasteiger partial charge in [0.05, 0.1) is 25.0 Å². The maximum absolute atomic E-state index is 12.5. The van der Waals surface area contributed by atoms with Gasteiger partial charge in [0.25, 0.3) is 5.91 Å². The van der Waals surface area contributed by atoms with Gasteiger partial charge in [-0.15, -0.1) is 28.8 Å². The Hall–Kier alpha value is -2.49. The van der Waals surface area contributed by atoms with Crippen LogP contribution < -0.4 is 15.4 Å². The second-order valence-electron chi connectivity index (χ2n) is 6.26. The van der Waals surface area contributed by atoms with Crippen LogP contribution in [0, 0.1) is 0 Å². The topological polar surface area (TPSA) is 94.0 Å². The molecular formula is C18H21ClN6O2S. The lowest BCUT2D eigenvalue weighted by Crippen LogP contribution is -2.29. The third-order valence-corrected chi connectivity index (χ3v) is 5.29. The highest BCUT2D eigenvalue weighted by atomic mass is 35.5. The second kappa shape index (κ2) is 9.13. The maximum Gasteiger partial charge on any atom is 0.279 e. The number of rotatable bonds is 5. The first-order valence-corrected chi connectivity index (χ1v) is 9.65. The number of piperidine rings is 1. The van der Waals surface area contributed by atoms with E-state index in [-0.39, 0.29) is 24.4 Å². The number of methoxy groups -OCH3 is 1. The first kappa shape index (κ1) is 20.2. The van der Waals surface area contributed by atoms with E-state index in [4.69, 9.17) is 4.74 Å². The first-order chi connectivity index (χ1) is 13.2. The molecule has 0 unspecified atom stereocenters. The Kier molecular flexibility index (Phi) is 6.61. The number of thiazole rings is 1. The number of hydrogen-bond donors (Lipinski definition) is 2. The van der Waals surface area contributed by atoms with Crippen molar-refractivity contribution < 1.29 is 9.53 Å².